The maximum atomic E-state index is 14.6. The first-order chi connectivity index (χ1) is 15.5. The summed E-state index contributed by atoms with van der Waals surface area (Å²) in [7, 11) is 0. The monoisotopic (exact) mass is 444 g/mol. The first-order valence-electron chi connectivity index (χ1n) is 10.2. The van der Waals surface area contributed by atoms with Crippen molar-refractivity contribution in [3.63, 3.8) is 0 Å². The van der Waals surface area contributed by atoms with E-state index < -0.39 is 0 Å². The number of benzene rings is 2. The van der Waals surface area contributed by atoms with E-state index in [-0.39, 0.29) is 5.82 Å². The third-order valence-corrected chi connectivity index (χ3v) is 6.16. The molecular formula is C24H21FN6S. The minimum atomic E-state index is -0.331. The van der Waals surface area contributed by atoms with E-state index in [4.69, 9.17) is 0 Å². The summed E-state index contributed by atoms with van der Waals surface area (Å²) in [6, 6.07) is 16.7. The lowest BCUT2D eigenvalue weighted by molar-refractivity contribution is 0.629. The molecule has 5 rings (SSSR count). The fourth-order valence-electron chi connectivity index (χ4n) is 3.63. The van der Waals surface area contributed by atoms with Crippen molar-refractivity contribution < 1.29 is 4.39 Å². The highest BCUT2D eigenvalue weighted by atomic mass is 32.2. The molecule has 160 valence electrons. The molecular weight excluding hydrogens is 423 g/mol. The topological polar surface area (TPSA) is 60.9 Å². The molecule has 6 nitrogen and oxygen atoms in total. The fourth-order valence-corrected chi connectivity index (χ4v) is 4.47. The highest BCUT2D eigenvalue weighted by Crippen LogP contribution is 2.31. The van der Waals surface area contributed by atoms with Crippen molar-refractivity contribution in [3.05, 3.63) is 89.3 Å². The quantitative estimate of drug-likeness (QED) is 0.343. The number of aryl methyl sites for hydroxylation is 3. The molecule has 3 aromatic heterocycles. The van der Waals surface area contributed by atoms with Crippen molar-refractivity contribution >= 4 is 17.5 Å². The smallest absolute Gasteiger partial charge is 0.234 e. The van der Waals surface area contributed by atoms with Crippen LogP contribution >= 0.6 is 11.8 Å². The standard InChI is InChI=1S/C24H21FN6S/c1-15-8-10-19(11-9-15)31-22(20-6-4-5-7-21(20)25)28-29-24(31)32-14-18-13-30-17(3)12-16(2)26-23(30)27-18/h4-13H,14H2,1-3H3. The second kappa shape index (κ2) is 8.20. The molecule has 0 fully saturated rings. The van der Waals surface area contributed by atoms with Crippen LogP contribution in [0.25, 0.3) is 22.9 Å². The molecule has 0 bridgehead atoms. The van der Waals surface area contributed by atoms with Crippen LogP contribution < -0.4 is 0 Å². The van der Waals surface area contributed by atoms with Gasteiger partial charge in [-0.2, -0.15) is 0 Å². The lowest BCUT2D eigenvalue weighted by Crippen LogP contribution is -2.01. The number of rotatable bonds is 5. The van der Waals surface area contributed by atoms with Crippen molar-refractivity contribution in [2.75, 3.05) is 0 Å². The van der Waals surface area contributed by atoms with E-state index in [1.807, 2.05) is 66.3 Å². The van der Waals surface area contributed by atoms with Gasteiger partial charge in [-0.3, -0.25) is 8.97 Å². The van der Waals surface area contributed by atoms with Gasteiger partial charge in [0.15, 0.2) is 11.0 Å². The van der Waals surface area contributed by atoms with Crippen LogP contribution in [0.4, 0.5) is 4.39 Å². The van der Waals surface area contributed by atoms with E-state index in [9.17, 15) is 4.39 Å². The number of nitrogens with zero attached hydrogens (tertiary/aromatic N) is 6. The van der Waals surface area contributed by atoms with Gasteiger partial charge in [0.2, 0.25) is 5.78 Å². The summed E-state index contributed by atoms with van der Waals surface area (Å²) in [6.07, 6.45) is 1.99. The number of hydrogen-bond donors (Lipinski definition) is 0. The number of imidazole rings is 1. The number of hydrogen-bond acceptors (Lipinski definition) is 5. The van der Waals surface area contributed by atoms with E-state index >= 15 is 0 Å². The summed E-state index contributed by atoms with van der Waals surface area (Å²) >= 11 is 1.51. The fraction of sp³-hybridized carbons (Fsp3) is 0.167. The predicted molar refractivity (Wildman–Crippen MR) is 124 cm³/mol. The SMILES string of the molecule is Cc1ccc(-n2c(SCc3cn4c(C)cc(C)nc4n3)nnc2-c2ccccc2F)cc1. The molecule has 3 heterocycles. The van der Waals surface area contributed by atoms with Gasteiger partial charge in [0.1, 0.15) is 5.82 Å². The van der Waals surface area contributed by atoms with Crippen molar-refractivity contribution in [2.45, 2.75) is 31.7 Å². The van der Waals surface area contributed by atoms with E-state index in [0.717, 1.165) is 28.3 Å². The Labute approximate surface area is 189 Å². The zero-order valence-electron chi connectivity index (χ0n) is 18.0. The molecule has 2 aromatic carbocycles. The van der Waals surface area contributed by atoms with E-state index in [1.165, 1.54) is 17.8 Å². The van der Waals surface area contributed by atoms with Gasteiger partial charge in [-0.1, -0.05) is 41.6 Å². The molecule has 8 heteroatoms. The first-order valence-corrected chi connectivity index (χ1v) is 11.2. The minimum absolute atomic E-state index is 0.331. The third kappa shape index (κ3) is 3.78. The average molecular weight is 445 g/mol. The van der Waals surface area contributed by atoms with Gasteiger partial charge in [0.05, 0.1) is 11.3 Å². The van der Waals surface area contributed by atoms with Crippen molar-refractivity contribution in [3.8, 4) is 17.1 Å². The molecule has 0 aliphatic carbocycles. The highest BCUT2D eigenvalue weighted by molar-refractivity contribution is 7.98. The maximum Gasteiger partial charge on any atom is 0.234 e. The van der Waals surface area contributed by atoms with Gasteiger partial charge in [0.25, 0.3) is 0 Å². The summed E-state index contributed by atoms with van der Waals surface area (Å²) in [5, 5.41) is 9.40. The van der Waals surface area contributed by atoms with Gasteiger partial charge >= 0.3 is 0 Å². The van der Waals surface area contributed by atoms with Gasteiger partial charge in [-0.05, 0) is 51.1 Å². The predicted octanol–water partition coefficient (Wildman–Crippen LogP) is 5.33. The Morgan fingerprint density at radius 1 is 0.938 bits per heavy atom. The van der Waals surface area contributed by atoms with Crippen LogP contribution in [0.5, 0.6) is 0 Å². The van der Waals surface area contributed by atoms with Crippen LogP contribution in [0.1, 0.15) is 22.6 Å². The molecule has 0 atom stereocenters. The van der Waals surface area contributed by atoms with Gasteiger partial charge in [-0.25, -0.2) is 14.4 Å². The molecule has 5 aromatic rings. The largest absolute Gasteiger partial charge is 0.288 e. The summed E-state index contributed by atoms with van der Waals surface area (Å²) in [5.41, 5.74) is 5.35. The molecule has 0 saturated carbocycles. The molecule has 0 aliphatic rings. The second-order valence-electron chi connectivity index (χ2n) is 7.69. The molecule has 32 heavy (non-hydrogen) atoms. The van der Waals surface area contributed by atoms with Crippen LogP contribution in [0, 0.1) is 26.6 Å². The Hall–Kier alpha value is -3.52. The lowest BCUT2D eigenvalue weighted by Gasteiger charge is -2.11. The maximum absolute atomic E-state index is 14.6. The van der Waals surface area contributed by atoms with Crippen LogP contribution in [0.2, 0.25) is 0 Å². The Bertz CT molecular complexity index is 1420. The van der Waals surface area contributed by atoms with Crippen molar-refractivity contribution in [2.24, 2.45) is 0 Å². The lowest BCUT2D eigenvalue weighted by atomic mass is 10.2. The molecule has 0 unspecified atom stereocenters. The Morgan fingerprint density at radius 3 is 2.50 bits per heavy atom. The van der Waals surface area contributed by atoms with Gasteiger partial charge in [-0.15, -0.1) is 10.2 Å². The molecule has 0 amide bonds. The summed E-state index contributed by atoms with van der Waals surface area (Å²) in [4.78, 5) is 9.16. The Kier molecular flexibility index (Phi) is 5.22. The number of thioether (sulfide) groups is 1. The third-order valence-electron chi connectivity index (χ3n) is 5.20. The summed E-state index contributed by atoms with van der Waals surface area (Å²) in [6.45, 7) is 6.03. The zero-order chi connectivity index (χ0) is 22.2. The molecule has 0 radical (unpaired) electrons. The highest BCUT2D eigenvalue weighted by Gasteiger charge is 2.19. The summed E-state index contributed by atoms with van der Waals surface area (Å²) < 4.78 is 18.5. The number of halogens is 1. The molecule has 0 aliphatic heterocycles. The second-order valence-corrected chi connectivity index (χ2v) is 8.63. The minimum Gasteiger partial charge on any atom is -0.288 e. The number of fused-ring (bicyclic) bond motifs is 1. The first kappa shape index (κ1) is 20.4. The molecule has 0 saturated heterocycles. The van der Waals surface area contributed by atoms with E-state index in [1.54, 1.807) is 18.2 Å². The zero-order valence-corrected chi connectivity index (χ0v) is 18.8. The molecule has 0 spiro atoms. The normalized spacial score (nSPS) is 11.4. The van der Waals surface area contributed by atoms with Crippen LogP contribution in [0.15, 0.2) is 66.0 Å². The van der Waals surface area contributed by atoms with E-state index in [2.05, 4.69) is 20.2 Å². The van der Waals surface area contributed by atoms with Gasteiger partial charge < -0.3 is 0 Å². The van der Waals surface area contributed by atoms with Crippen LogP contribution in [-0.2, 0) is 5.75 Å². The van der Waals surface area contributed by atoms with E-state index in [0.29, 0.717) is 28.1 Å². The van der Waals surface area contributed by atoms with Crippen LogP contribution in [-0.4, -0.2) is 29.1 Å². The van der Waals surface area contributed by atoms with Crippen molar-refractivity contribution in [1.29, 1.82) is 0 Å². The van der Waals surface area contributed by atoms with Crippen molar-refractivity contribution in [1.82, 2.24) is 29.1 Å². The van der Waals surface area contributed by atoms with Gasteiger partial charge in [0, 0.05) is 29.0 Å². The Morgan fingerprint density at radius 2 is 1.72 bits per heavy atom. The molecule has 0 N–H and O–H groups in total. The summed E-state index contributed by atoms with van der Waals surface area (Å²) in [5.74, 6) is 1.41. The Balaban J connectivity index is 1.53. The van der Waals surface area contributed by atoms with Crippen LogP contribution in [0.3, 0.4) is 0 Å². The number of aromatic nitrogens is 6. The average Bonchev–Trinajstić information content (AvgIpc) is 3.37.